The van der Waals surface area contributed by atoms with Gasteiger partial charge >= 0.3 is 5.97 Å². The topological polar surface area (TPSA) is 79.3 Å². The molecule has 0 saturated heterocycles. The van der Waals surface area contributed by atoms with Crippen LogP contribution in [0, 0.1) is 0 Å². The average molecular weight is 230 g/mol. The molecule has 0 saturated carbocycles. The molecule has 1 amide bonds. The number of amides is 1. The fourth-order valence-corrected chi connectivity index (χ4v) is 1.53. The molecule has 0 fully saturated rings. The minimum absolute atomic E-state index is 0.123. The Hall–Kier alpha value is -2.43. The molecule has 0 unspecified atom stereocenters. The number of fused-ring (bicyclic) bond motifs is 1. The molecule has 0 aliphatic heterocycles. The van der Waals surface area contributed by atoms with Crippen LogP contribution in [0.25, 0.3) is 10.9 Å². The Bertz CT molecular complexity index is 608. The summed E-state index contributed by atoms with van der Waals surface area (Å²) in [6.07, 6.45) is 1.31. The molecule has 0 radical (unpaired) electrons. The van der Waals surface area contributed by atoms with Gasteiger partial charge in [-0.25, -0.2) is 4.79 Å². The second kappa shape index (κ2) is 4.21. The van der Waals surface area contributed by atoms with Gasteiger partial charge in [0.1, 0.15) is 0 Å². The van der Waals surface area contributed by atoms with Crippen molar-refractivity contribution in [2.75, 3.05) is 5.32 Å². The summed E-state index contributed by atoms with van der Waals surface area (Å²) in [6.45, 7) is 1.41. The van der Waals surface area contributed by atoms with Crippen LogP contribution in [0.1, 0.15) is 17.3 Å². The van der Waals surface area contributed by atoms with E-state index in [4.69, 9.17) is 5.11 Å². The van der Waals surface area contributed by atoms with Crippen LogP contribution >= 0.6 is 0 Å². The molecule has 0 atom stereocenters. The largest absolute Gasteiger partial charge is 0.478 e. The Morgan fingerprint density at radius 2 is 2.06 bits per heavy atom. The van der Waals surface area contributed by atoms with Crippen molar-refractivity contribution in [2.24, 2.45) is 0 Å². The number of nitrogens with one attached hydrogen (secondary N) is 1. The summed E-state index contributed by atoms with van der Waals surface area (Å²) in [5.74, 6) is -1.20. The number of aromatic carboxylic acids is 1. The molecule has 0 bridgehead atoms. The Kier molecular flexibility index (Phi) is 2.74. The highest BCUT2D eigenvalue weighted by atomic mass is 16.4. The molecule has 2 N–H and O–H groups in total. The van der Waals surface area contributed by atoms with Gasteiger partial charge in [0.2, 0.25) is 5.91 Å². The minimum Gasteiger partial charge on any atom is -0.478 e. The van der Waals surface area contributed by atoms with Gasteiger partial charge in [0.05, 0.1) is 11.1 Å². The number of carbonyl (C=O) groups is 2. The van der Waals surface area contributed by atoms with Crippen molar-refractivity contribution in [2.45, 2.75) is 6.92 Å². The first-order valence-electron chi connectivity index (χ1n) is 4.97. The van der Waals surface area contributed by atoms with E-state index < -0.39 is 5.97 Å². The highest BCUT2D eigenvalue weighted by Gasteiger charge is 2.05. The molecule has 86 valence electrons. The number of nitrogens with zero attached hydrogens (tertiary/aromatic N) is 1. The SMILES string of the molecule is CC(=O)Nc1ccc2ncc(C(=O)O)cc2c1. The van der Waals surface area contributed by atoms with Crippen LogP contribution in [0.3, 0.4) is 0 Å². The third kappa shape index (κ3) is 2.39. The van der Waals surface area contributed by atoms with Crippen LogP contribution in [0.15, 0.2) is 30.5 Å². The van der Waals surface area contributed by atoms with Crippen LogP contribution < -0.4 is 5.32 Å². The second-order valence-corrected chi connectivity index (χ2v) is 3.62. The predicted molar refractivity (Wildman–Crippen MR) is 63.0 cm³/mol. The molecule has 1 heterocycles. The van der Waals surface area contributed by atoms with Crippen molar-refractivity contribution >= 4 is 28.5 Å². The first kappa shape index (κ1) is 11.1. The first-order chi connectivity index (χ1) is 8.06. The summed E-state index contributed by atoms with van der Waals surface area (Å²) in [6, 6.07) is 6.66. The summed E-state index contributed by atoms with van der Waals surface area (Å²) >= 11 is 0. The summed E-state index contributed by atoms with van der Waals surface area (Å²) in [4.78, 5) is 25.7. The number of anilines is 1. The molecule has 1 aromatic heterocycles. The number of aromatic nitrogens is 1. The molecule has 5 heteroatoms. The van der Waals surface area contributed by atoms with Crippen molar-refractivity contribution in [1.29, 1.82) is 0 Å². The van der Waals surface area contributed by atoms with E-state index in [1.54, 1.807) is 18.2 Å². The van der Waals surface area contributed by atoms with Gasteiger partial charge in [-0.2, -0.15) is 0 Å². The Balaban J connectivity index is 2.50. The maximum atomic E-state index is 10.9. The molecule has 17 heavy (non-hydrogen) atoms. The van der Waals surface area contributed by atoms with E-state index in [1.807, 2.05) is 0 Å². The van der Waals surface area contributed by atoms with Gasteiger partial charge in [-0.15, -0.1) is 0 Å². The van der Waals surface area contributed by atoms with E-state index >= 15 is 0 Å². The smallest absolute Gasteiger partial charge is 0.337 e. The van der Waals surface area contributed by atoms with Crippen molar-refractivity contribution in [1.82, 2.24) is 4.98 Å². The normalized spacial score (nSPS) is 10.2. The lowest BCUT2D eigenvalue weighted by Crippen LogP contribution is -2.05. The Labute approximate surface area is 97.1 Å². The van der Waals surface area contributed by atoms with Gasteiger partial charge in [0.25, 0.3) is 0 Å². The molecular weight excluding hydrogens is 220 g/mol. The predicted octanol–water partition coefficient (Wildman–Crippen LogP) is 1.89. The number of benzene rings is 1. The van der Waals surface area contributed by atoms with Crippen LogP contribution in [0.5, 0.6) is 0 Å². The fourth-order valence-electron chi connectivity index (χ4n) is 1.53. The highest BCUT2D eigenvalue weighted by molar-refractivity contribution is 5.95. The number of pyridine rings is 1. The summed E-state index contributed by atoms with van der Waals surface area (Å²) in [5.41, 5.74) is 1.43. The summed E-state index contributed by atoms with van der Waals surface area (Å²) in [7, 11) is 0. The maximum absolute atomic E-state index is 10.9. The van der Waals surface area contributed by atoms with Crippen molar-refractivity contribution in [3.05, 3.63) is 36.0 Å². The zero-order chi connectivity index (χ0) is 12.4. The van der Waals surface area contributed by atoms with Crippen molar-refractivity contribution in [3.63, 3.8) is 0 Å². The third-order valence-corrected chi connectivity index (χ3v) is 2.25. The van der Waals surface area contributed by atoms with E-state index in [0.717, 1.165) is 0 Å². The average Bonchev–Trinajstić information content (AvgIpc) is 2.27. The lowest BCUT2D eigenvalue weighted by molar-refractivity contribution is -0.114. The minimum atomic E-state index is -1.02. The zero-order valence-corrected chi connectivity index (χ0v) is 9.10. The van der Waals surface area contributed by atoms with Crippen molar-refractivity contribution < 1.29 is 14.7 Å². The van der Waals surface area contributed by atoms with E-state index in [-0.39, 0.29) is 11.5 Å². The van der Waals surface area contributed by atoms with Gasteiger partial charge in [0, 0.05) is 24.2 Å². The van der Waals surface area contributed by atoms with E-state index in [9.17, 15) is 9.59 Å². The monoisotopic (exact) mass is 230 g/mol. The summed E-state index contributed by atoms with van der Waals surface area (Å²) in [5, 5.41) is 12.2. The molecule has 0 spiro atoms. The van der Waals surface area contributed by atoms with Crippen LogP contribution in [0.4, 0.5) is 5.69 Å². The van der Waals surface area contributed by atoms with Gasteiger partial charge in [-0.05, 0) is 24.3 Å². The fraction of sp³-hybridized carbons (Fsp3) is 0.0833. The number of hydrogen-bond acceptors (Lipinski definition) is 3. The lowest BCUT2D eigenvalue weighted by Gasteiger charge is -2.04. The number of rotatable bonds is 2. The molecule has 2 rings (SSSR count). The van der Waals surface area contributed by atoms with Gasteiger partial charge < -0.3 is 10.4 Å². The quantitative estimate of drug-likeness (QED) is 0.825. The molecule has 0 aliphatic carbocycles. The third-order valence-electron chi connectivity index (χ3n) is 2.25. The standard InChI is InChI=1S/C12H10N2O3/c1-7(15)14-10-2-3-11-8(5-10)4-9(6-13-11)12(16)17/h2-6H,1H3,(H,14,15)(H,16,17). The lowest BCUT2D eigenvalue weighted by atomic mass is 10.1. The van der Waals surface area contributed by atoms with Crippen LogP contribution in [-0.2, 0) is 4.79 Å². The van der Waals surface area contributed by atoms with E-state index in [0.29, 0.717) is 16.6 Å². The van der Waals surface area contributed by atoms with Crippen molar-refractivity contribution in [3.8, 4) is 0 Å². The number of carboxylic acid groups (broad SMARTS) is 1. The number of carbonyl (C=O) groups excluding carboxylic acids is 1. The molecule has 5 nitrogen and oxygen atoms in total. The number of carboxylic acids is 1. The Morgan fingerprint density at radius 1 is 1.29 bits per heavy atom. The second-order valence-electron chi connectivity index (χ2n) is 3.62. The first-order valence-corrected chi connectivity index (χ1v) is 4.97. The highest BCUT2D eigenvalue weighted by Crippen LogP contribution is 2.18. The van der Waals surface area contributed by atoms with E-state index in [2.05, 4.69) is 10.3 Å². The zero-order valence-electron chi connectivity index (χ0n) is 9.10. The summed E-state index contributed by atoms with van der Waals surface area (Å²) < 4.78 is 0. The van der Waals surface area contributed by atoms with Gasteiger partial charge in [0.15, 0.2) is 0 Å². The maximum Gasteiger partial charge on any atom is 0.337 e. The van der Waals surface area contributed by atoms with E-state index in [1.165, 1.54) is 19.2 Å². The van der Waals surface area contributed by atoms with Gasteiger partial charge in [-0.1, -0.05) is 0 Å². The Morgan fingerprint density at radius 3 is 2.71 bits per heavy atom. The van der Waals surface area contributed by atoms with Crippen LogP contribution in [0.2, 0.25) is 0 Å². The van der Waals surface area contributed by atoms with Gasteiger partial charge in [-0.3, -0.25) is 9.78 Å². The van der Waals surface area contributed by atoms with Crippen LogP contribution in [-0.4, -0.2) is 22.0 Å². The molecule has 0 aliphatic rings. The molecular formula is C12H10N2O3. The molecule has 2 aromatic rings. The molecule has 1 aromatic carbocycles. The number of hydrogen-bond donors (Lipinski definition) is 2.